The number of amides is 2. The lowest BCUT2D eigenvalue weighted by Gasteiger charge is -2.22. The molecule has 7 nitrogen and oxygen atoms in total. The van der Waals surface area contributed by atoms with Crippen molar-refractivity contribution in [3.63, 3.8) is 0 Å². The van der Waals surface area contributed by atoms with E-state index in [1.54, 1.807) is 0 Å². The molecule has 0 radical (unpaired) electrons. The number of rotatable bonds is 10. The van der Waals surface area contributed by atoms with Gasteiger partial charge in [0, 0.05) is 44.1 Å². The number of hydrogen-bond donors (Lipinski definition) is 4. The van der Waals surface area contributed by atoms with E-state index in [0.29, 0.717) is 25.4 Å². The zero-order valence-electron chi connectivity index (χ0n) is 18.4. The van der Waals surface area contributed by atoms with Gasteiger partial charge < -0.3 is 26.3 Å². The highest BCUT2D eigenvalue weighted by Gasteiger charge is 2.21. The Morgan fingerprint density at radius 1 is 1.06 bits per heavy atom. The molecule has 3 rings (SSSR count). The number of nitrogens with one attached hydrogen (secondary N) is 3. The zero-order chi connectivity index (χ0) is 22.1. The van der Waals surface area contributed by atoms with Crippen LogP contribution in [0.4, 0.5) is 5.69 Å². The van der Waals surface area contributed by atoms with Crippen molar-refractivity contribution in [1.29, 1.82) is 0 Å². The second kappa shape index (κ2) is 11.6. The van der Waals surface area contributed by atoms with E-state index in [1.807, 2.05) is 54.2 Å². The van der Waals surface area contributed by atoms with Crippen LogP contribution in [-0.4, -0.2) is 30.0 Å². The third kappa shape index (κ3) is 6.59. The summed E-state index contributed by atoms with van der Waals surface area (Å²) >= 11 is 0. The third-order valence-electron chi connectivity index (χ3n) is 6.10. The van der Waals surface area contributed by atoms with Crippen molar-refractivity contribution in [2.24, 2.45) is 11.7 Å². The topological polar surface area (TPSA) is 101 Å². The Bertz CT molecular complexity index is 840. The second-order valence-corrected chi connectivity index (χ2v) is 8.31. The third-order valence-corrected chi connectivity index (χ3v) is 6.10. The average Bonchev–Trinajstić information content (AvgIpc) is 3.26. The van der Waals surface area contributed by atoms with Crippen molar-refractivity contribution < 1.29 is 9.59 Å². The normalized spacial score (nSPS) is 15.3. The number of carbonyl (C=O) groups excluding carboxylic acids is 2. The smallest absolute Gasteiger partial charge is 0.244 e. The first-order chi connectivity index (χ1) is 15.1. The monoisotopic (exact) mass is 425 g/mol. The van der Waals surface area contributed by atoms with Crippen LogP contribution in [0, 0.1) is 5.92 Å². The zero-order valence-corrected chi connectivity index (χ0v) is 18.4. The average molecular weight is 426 g/mol. The molecule has 31 heavy (non-hydrogen) atoms. The molecule has 2 amide bonds. The lowest BCUT2D eigenvalue weighted by molar-refractivity contribution is -0.124. The molecular formula is C24H35N5O2. The first-order valence-corrected chi connectivity index (χ1v) is 11.3. The molecule has 0 bridgehead atoms. The summed E-state index contributed by atoms with van der Waals surface area (Å²) < 4.78 is 1.86. The van der Waals surface area contributed by atoms with Crippen LogP contribution < -0.4 is 21.7 Å². The Balaban J connectivity index is 1.53. The number of anilines is 1. The number of benzene rings is 1. The highest BCUT2D eigenvalue weighted by molar-refractivity contribution is 5.80. The molecule has 1 atom stereocenters. The fourth-order valence-electron chi connectivity index (χ4n) is 4.24. The van der Waals surface area contributed by atoms with E-state index >= 15 is 0 Å². The molecule has 1 heterocycles. The van der Waals surface area contributed by atoms with E-state index in [9.17, 15) is 9.59 Å². The van der Waals surface area contributed by atoms with E-state index < -0.39 is 6.04 Å². The summed E-state index contributed by atoms with van der Waals surface area (Å²) in [5.74, 6) is 0.454. The lowest BCUT2D eigenvalue weighted by Crippen LogP contribution is -2.37. The van der Waals surface area contributed by atoms with Gasteiger partial charge in [-0.25, -0.2) is 0 Å². The Labute approximate surface area is 184 Å². The Hall–Kier alpha value is -2.80. The van der Waals surface area contributed by atoms with Gasteiger partial charge in [0.1, 0.15) is 6.04 Å². The van der Waals surface area contributed by atoms with Gasteiger partial charge in [-0.05, 0) is 48.6 Å². The standard InChI is InChI=1S/C24H35N5O2/c1-26-20-11-9-19(10-12-20)16-28-24(31)22(15-25)29-13-5-8-21(29)17-27-23(30)14-18-6-3-2-4-7-18/h5,8-13,18,22,26H,2-4,6-7,14-17,25H2,1H3,(H,27,30)(H,28,31)/t22-/m1/s1. The van der Waals surface area contributed by atoms with Crippen LogP contribution >= 0.6 is 0 Å². The summed E-state index contributed by atoms with van der Waals surface area (Å²) in [6, 6.07) is 11.2. The van der Waals surface area contributed by atoms with Gasteiger partial charge in [0.25, 0.3) is 0 Å². The minimum absolute atomic E-state index is 0.0819. The molecule has 2 aromatic rings. The number of nitrogens with two attached hydrogens (primary N) is 1. The fourth-order valence-corrected chi connectivity index (χ4v) is 4.24. The van der Waals surface area contributed by atoms with Crippen LogP contribution in [0.2, 0.25) is 0 Å². The van der Waals surface area contributed by atoms with Crippen molar-refractivity contribution in [2.75, 3.05) is 18.9 Å². The number of aromatic nitrogens is 1. The maximum absolute atomic E-state index is 12.8. The molecule has 0 spiro atoms. The quantitative estimate of drug-likeness (QED) is 0.470. The van der Waals surface area contributed by atoms with Gasteiger partial charge in [-0.1, -0.05) is 31.4 Å². The Morgan fingerprint density at radius 2 is 1.81 bits per heavy atom. The summed E-state index contributed by atoms with van der Waals surface area (Å²) in [6.45, 7) is 1.02. The van der Waals surface area contributed by atoms with Crippen LogP contribution in [0.25, 0.3) is 0 Å². The number of nitrogens with zero attached hydrogens (tertiary/aromatic N) is 1. The maximum atomic E-state index is 12.8. The summed E-state index contributed by atoms with van der Waals surface area (Å²) in [4.78, 5) is 25.2. The van der Waals surface area contributed by atoms with E-state index in [2.05, 4.69) is 16.0 Å². The molecular weight excluding hydrogens is 390 g/mol. The van der Waals surface area contributed by atoms with Crippen molar-refractivity contribution >= 4 is 17.5 Å². The Kier molecular flexibility index (Phi) is 8.53. The van der Waals surface area contributed by atoms with Gasteiger partial charge >= 0.3 is 0 Å². The molecule has 1 aromatic heterocycles. The molecule has 1 aromatic carbocycles. The van der Waals surface area contributed by atoms with Crippen molar-refractivity contribution in [2.45, 2.75) is 57.7 Å². The van der Waals surface area contributed by atoms with Crippen LogP contribution in [0.1, 0.15) is 55.8 Å². The fraction of sp³-hybridized carbons (Fsp3) is 0.500. The van der Waals surface area contributed by atoms with Crippen LogP contribution in [0.15, 0.2) is 42.6 Å². The molecule has 7 heteroatoms. The highest BCUT2D eigenvalue weighted by atomic mass is 16.2. The predicted octanol–water partition coefficient (Wildman–Crippen LogP) is 2.93. The molecule has 1 aliphatic rings. The van der Waals surface area contributed by atoms with Crippen LogP contribution in [0.3, 0.4) is 0 Å². The first kappa shape index (κ1) is 22.9. The lowest BCUT2D eigenvalue weighted by atomic mass is 9.87. The first-order valence-electron chi connectivity index (χ1n) is 11.3. The van der Waals surface area contributed by atoms with Crippen molar-refractivity contribution in [3.8, 4) is 0 Å². The predicted molar refractivity (Wildman–Crippen MR) is 123 cm³/mol. The molecule has 1 saturated carbocycles. The van der Waals surface area contributed by atoms with E-state index in [4.69, 9.17) is 5.73 Å². The van der Waals surface area contributed by atoms with E-state index in [-0.39, 0.29) is 18.4 Å². The van der Waals surface area contributed by atoms with Gasteiger partial charge in [0.15, 0.2) is 0 Å². The van der Waals surface area contributed by atoms with Crippen molar-refractivity contribution in [3.05, 3.63) is 53.9 Å². The molecule has 0 saturated heterocycles. The number of hydrogen-bond acceptors (Lipinski definition) is 4. The van der Waals surface area contributed by atoms with Crippen molar-refractivity contribution in [1.82, 2.24) is 15.2 Å². The van der Waals surface area contributed by atoms with Gasteiger partial charge in [-0.2, -0.15) is 0 Å². The second-order valence-electron chi connectivity index (χ2n) is 8.31. The van der Waals surface area contributed by atoms with Gasteiger partial charge in [-0.3, -0.25) is 9.59 Å². The molecule has 0 aliphatic heterocycles. The molecule has 5 N–H and O–H groups in total. The summed E-state index contributed by atoms with van der Waals surface area (Å²) in [7, 11) is 1.87. The summed E-state index contributed by atoms with van der Waals surface area (Å²) in [6.07, 6.45) is 8.49. The minimum Gasteiger partial charge on any atom is -0.388 e. The van der Waals surface area contributed by atoms with Gasteiger partial charge in [0.05, 0.1) is 6.54 Å². The summed E-state index contributed by atoms with van der Waals surface area (Å²) in [5.41, 5.74) is 8.86. The molecule has 0 unspecified atom stereocenters. The van der Waals surface area contributed by atoms with E-state index in [0.717, 1.165) is 29.8 Å². The van der Waals surface area contributed by atoms with Crippen LogP contribution in [-0.2, 0) is 22.7 Å². The molecule has 1 fully saturated rings. The molecule has 1 aliphatic carbocycles. The number of carbonyl (C=O) groups is 2. The maximum Gasteiger partial charge on any atom is 0.244 e. The molecule has 168 valence electrons. The minimum atomic E-state index is -0.517. The highest BCUT2D eigenvalue weighted by Crippen LogP contribution is 2.26. The van der Waals surface area contributed by atoms with Crippen LogP contribution in [0.5, 0.6) is 0 Å². The summed E-state index contributed by atoms with van der Waals surface area (Å²) in [5, 5.41) is 9.07. The Morgan fingerprint density at radius 3 is 2.48 bits per heavy atom. The largest absolute Gasteiger partial charge is 0.388 e. The van der Waals surface area contributed by atoms with Gasteiger partial charge in [-0.15, -0.1) is 0 Å². The van der Waals surface area contributed by atoms with Gasteiger partial charge in [0.2, 0.25) is 11.8 Å². The SMILES string of the molecule is CNc1ccc(CNC(=O)[C@@H](CN)n2cccc2CNC(=O)CC2CCCCC2)cc1. The van der Waals surface area contributed by atoms with E-state index in [1.165, 1.54) is 19.3 Å².